The van der Waals surface area contributed by atoms with Gasteiger partial charge in [0.1, 0.15) is 0 Å². The predicted octanol–water partition coefficient (Wildman–Crippen LogP) is -0.456. The molecule has 0 aromatic heterocycles. The van der Waals surface area contributed by atoms with E-state index in [4.69, 9.17) is 5.73 Å². The standard InChI is InChI=1S/C8H16N2O/c9-8-3-5-10(6-8)4-1-2-7(8)11/h7,11H,1-6,9H2. The number of fused-ring (bicyclic) bond motifs is 2. The monoisotopic (exact) mass is 156 g/mol. The molecule has 2 rings (SSSR count). The first kappa shape index (κ1) is 7.53. The van der Waals surface area contributed by atoms with Crippen molar-refractivity contribution in [1.82, 2.24) is 4.90 Å². The summed E-state index contributed by atoms with van der Waals surface area (Å²) in [5.74, 6) is 0. The van der Waals surface area contributed by atoms with Crippen LogP contribution in [-0.2, 0) is 0 Å². The fourth-order valence-electron chi connectivity index (χ4n) is 2.20. The van der Waals surface area contributed by atoms with Crippen molar-refractivity contribution in [3.05, 3.63) is 0 Å². The van der Waals surface area contributed by atoms with Crippen LogP contribution >= 0.6 is 0 Å². The summed E-state index contributed by atoms with van der Waals surface area (Å²) in [7, 11) is 0. The number of nitrogens with two attached hydrogens (primary N) is 1. The highest BCUT2D eigenvalue weighted by Gasteiger charge is 2.41. The van der Waals surface area contributed by atoms with Gasteiger partial charge in [-0.2, -0.15) is 0 Å². The first-order valence-electron chi connectivity index (χ1n) is 4.40. The highest BCUT2D eigenvalue weighted by molar-refractivity contribution is 5.01. The van der Waals surface area contributed by atoms with Crippen LogP contribution in [0, 0.1) is 0 Å². The summed E-state index contributed by atoms with van der Waals surface area (Å²) in [6, 6.07) is 0. The summed E-state index contributed by atoms with van der Waals surface area (Å²) in [5, 5.41) is 9.68. The molecule has 2 aliphatic heterocycles. The minimum absolute atomic E-state index is 0.269. The van der Waals surface area contributed by atoms with Crippen LogP contribution < -0.4 is 5.73 Å². The van der Waals surface area contributed by atoms with Gasteiger partial charge in [0.25, 0.3) is 0 Å². The third-order valence-electron chi connectivity index (χ3n) is 3.03. The zero-order chi connectivity index (χ0) is 7.90. The lowest BCUT2D eigenvalue weighted by Crippen LogP contribution is -2.51. The summed E-state index contributed by atoms with van der Waals surface area (Å²) >= 11 is 0. The molecule has 0 aromatic rings. The summed E-state index contributed by atoms with van der Waals surface area (Å²) < 4.78 is 0. The fourth-order valence-corrected chi connectivity index (χ4v) is 2.20. The fraction of sp³-hybridized carbons (Fsp3) is 1.00. The number of nitrogens with zero attached hydrogens (tertiary/aromatic N) is 1. The number of hydrogen-bond donors (Lipinski definition) is 2. The molecular formula is C8H16N2O. The predicted molar refractivity (Wildman–Crippen MR) is 43.2 cm³/mol. The molecule has 64 valence electrons. The smallest absolute Gasteiger partial charge is 0.0733 e. The summed E-state index contributed by atoms with van der Waals surface area (Å²) in [6.07, 6.45) is 2.68. The summed E-state index contributed by atoms with van der Waals surface area (Å²) in [5.41, 5.74) is 5.77. The number of hydrogen-bond acceptors (Lipinski definition) is 3. The van der Waals surface area contributed by atoms with Crippen LogP contribution in [0.3, 0.4) is 0 Å². The average molecular weight is 156 g/mol. The summed E-state index contributed by atoms with van der Waals surface area (Å²) in [4.78, 5) is 2.36. The van der Waals surface area contributed by atoms with Gasteiger partial charge in [-0.3, -0.25) is 0 Å². The average Bonchev–Trinajstić information content (AvgIpc) is 2.26. The molecule has 0 amide bonds. The van der Waals surface area contributed by atoms with Crippen molar-refractivity contribution in [2.75, 3.05) is 19.6 Å². The maximum atomic E-state index is 9.68. The molecule has 0 aliphatic carbocycles. The molecule has 0 aromatic carbocycles. The van der Waals surface area contributed by atoms with E-state index in [0.29, 0.717) is 0 Å². The van der Waals surface area contributed by atoms with Gasteiger partial charge in [0.2, 0.25) is 0 Å². The minimum Gasteiger partial charge on any atom is -0.391 e. The Morgan fingerprint density at radius 2 is 2.27 bits per heavy atom. The third kappa shape index (κ3) is 1.17. The molecule has 0 radical (unpaired) electrons. The van der Waals surface area contributed by atoms with Gasteiger partial charge in [0, 0.05) is 13.1 Å². The molecule has 3 atom stereocenters. The SMILES string of the molecule is NC12CCN(CCCC1O)C2. The van der Waals surface area contributed by atoms with E-state index in [1.165, 1.54) is 0 Å². The van der Waals surface area contributed by atoms with Gasteiger partial charge in [-0.1, -0.05) is 0 Å². The molecule has 11 heavy (non-hydrogen) atoms. The molecule has 2 saturated heterocycles. The Balaban J connectivity index is 2.15. The van der Waals surface area contributed by atoms with Gasteiger partial charge in [-0.05, 0) is 25.8 Å². The Bertz CT molecular complexity index is 160. The van der Waals surface area contributed by atoms with Crippen LogP contribution in [0.5, 0.6) is 0 Å². The van der Waals surface area contributed by atoms with Crippen molar-refractivity contribution < 1.29 is 5.11 Å². The first-order chi connectivity index (χ1) is 5.21. The lowest BCUT2D eigenvalue weighted by atomic mass is 9.90. The van der Waals surface area contributed by atoms with Crippen LogP contribution in [0.2, 0.25) is 0 Å². The molecule has 3 nitrogen and oxygen atoms in total. The molecule has 0 saturated carbocycles. The van der Waals surface area contributed by atoms with E-state index in [-0.39, 0.29) is 11.6 Å². The zero-order valence-corrected chi connectivity index (χ0v) is 6.79. The second-order valence-corrected chi connectivity index (χ2v) is 3.92. The second kappa shape index (κ2) is 2.44. The maximum absolute atomic E-state index is 9.68. The van der Waals surface area contributed by atoms with Gasteiger partial charge in [-0.25, -0.2) is 0 Å². The van der Waals surface area contributed by atoms with E-state index >= 15 is 0 Å². The molecule has 2 bridgehead atoms. The topological polar surface area (TPSA) is 49.5 Å². The molecule has 0 spiro atoms. The second-order valence-electron chi connectivity index (χ2n) is 3.92. The van der Waals surface area contributed by atoms with E-state index in [1.807, 2.05) is 0 Å². The van der Waals surface area contributed by atoms with Gasteiger partial charge in [0.15, 0.2) is 0 Å². The van der Waals surface area contributed by atoms with Crippen LogP contribution in [0.15, 0.2) is 0 Å². The molecule has 2 aliphatic rings. The number of aliphatic hydroxyl groups excluding tert-OH is 1. The van der Waals surface area contributed by atoms with Crippen molar-refractivity contribution >= 4 is 0 Å². The summed E-state index contributed by atoms with van der Waals surface area (Å²) in [6.45, 7) is 3.09. The molecule has 3 N–H and O–H groups in total. The van der Waals surface area contributed by atoms with Gasteiger partial charge in [-0.15, -0.1) is 0 Å². The lowest BCUT2D eigenvalue weighted by molar-refractivity contribution is 0.0888. The minimum atomic E-state index is -0.281. The molecule has 3 heteroatoms. The maximum Gasteiger partial charge on any atom is 0.0733 e. The molecule has 2 heterocycles. The number of aliphatic hydroxyl groups is 1. The Hall–Kier alpha value is -0.120. The van der Waals surface area contributed by atoms with Crippen molar-refractivity contribution in [2.45, 2.75) is 30.9 Å². The van der Waals surface area contributed by atoms with E-state index in [1.54, 1.807) is 0 Å². The van der Waals surface area contributed by atoms with Crippen molar-refractivity contribution in [3.63, 3.8) is 0 Å². The van der Waals surface area contributed by atoms with Crippen molar-refractivity contribution in [3.8, 4) is 0 Å². The molecule has 3 unspecified atom stereocenters. The molecular weight excluding hydrogens is 140 g/mol. The number of rotatable bonds is 0. The highest BCUT2D eigenvalue weighted by Crippen LogP contribution is 2.28. The van der Waals surface area contributed by atoms with E-state index in [2.05, 4.69) is 4.90 Å². The highest BCUT2D eigenvalue weighted by atomic mass is 16.3. The lowest BCUT2D eigenvalue weighted by Gasteiger charge is -2.27. The van der Waals surface area contributed by atoms with Crippen molar-refractivity contribution in [2.24, 2.45) is 5.73 Å². The van der Waals surface area contributed by atoms with Crippen LogP contribution in [0.4, 0.5) is 0 Å². The van der Waals surface area contributed by atoms with Crippen LogP contribution in [-0.4, -0.2) is 41.3 Å². The van der Waals surface area contributed by atoms with E-state index in [9.17, 15) is 5.11 Å². The van der Waals surface area contributed by atoms with Crippen LogP contribution in [0.25, 0.3) is 0 Å². The normalized spacial score (nSPS) is 50.7. The van der Waals surface area contributed by atoms with E-state index in [0.717, 1.165) is 38.9 Å². The zero-order valence-electron chi connectivity index (χ0n) is 6.79. The quantitative estimate of drug-likeness (QED) is 0.499. The third-order valence-corrected chi connectivity index (χ3v) is 3.03. The van der Waals surface area contributed by atoms with E-state index < -0.39 is 0 Å². The van der Waals surface area contributed by atoms with Gasteiger partial charge >= 0.3 is 0 Å². The first-order valence-corrected chi connectivity index (χ1v) is 4.40. The Labute approximate surface area is 67.2 Å². The Morgan fingerprint density at radius 3 is 3.09 bits per heavy atom. The van der Waals surface area contributed by atoms with Gasteiger partial charge in [0.05, 0.1) is 11.6 Å². The molecule has 2 fully saturated rings. The Morgan fingerprint density at radius 1 is 1.45 bits per heavy atom. The van der Waals surface area contributed by atoms with Crippen LogP contribution in [0.1, 0.15) is 19.3 Å². The largest absolute Gasteiger partial charge is 0.391 e. The van der Waals surface area contributed by atoms with Gasteiger partial charge < -0.3 is 15.7 Å². The van der Waals surface area contributed by atoms with Crippen molar-refractivity contribution in [1.29, 1.82) is 0 Å². The Kier molecular flexibility index (Phi) is 1.67.